The highest BCUT2D eigenvalue weighted by atomic mass is 19.1. The van der Waals surface area contributed by atoms with Gasteiger partial charge in [-0.3, -0.25) is 4.79 Å². The number of nitriles is 1. The first-order valence-electron chi connectivity index (χ1n) is 9.79. The van der Waals surface area contributed by atoms with Crippen molar-refractivity contribution in [3.8, 4) is 29.1 Å². The SMILES string of the molecule is N#CN1CCCC(n2nc(-c3ccc(Oc4ncc(F)cc4F)cc3)c(C(N)=O)c2N)C1. The Bertz CT molecular complexity index is 1200. The van der Waals surface area contributed by atoms with Crippen molar-refractivity contribution in [2.45, 2.75) is 18.9 Å². The third-order valence-corrected chi connectivity index (χ3v) is 5.19. The summed E-state index contributed by atoms with van der Waals surface area (Å²) < 4.78 is 33.7. The summed E-state index contributed by atoms with van der Waals surface area (Å²) in [6.07, 6.45) is 4.52. The molecule has 1 aliphatic heterocycles. The maximum atomic E-state index is 13.8. The van der Waals surface area contributed by atoms with E-state index in [0.29, 0.717) is 30.4 Å². The fourth-order valence-electron chi connectivity index (χ4n) is 3.69. The number of amides is 1. The van der Waals surface area contributed by atoms with Crippen LogP contribution in [-0.2, 0) is 0 Å². The average molecular weight is 439 g/mol. The number of nitrogens with zero attached hydrogens (tertiary/aromatic N) is 5. The summed E-state index contributed by atoms with van der Waals surface area (Å²) in [5.41, 5.74) is 12.7. The Labute approximate surface area is 181 Å². The number of ether oxygens (including phenoxy) is 1. The normalized spacial score (nSPS) is 15.9. The first kappa shape index (κ1) is 21.0. The summed E-state index contributed by atoms with van der Waals surface area (Å²) in [5, 5.41) is 13.7. The molecule has 1 fully saturated rings. The predicted molar refractivity (Wildman–Crippen MR) is 110 cm³/mol. The lowest BCUT2D eigenvalue weighted by atomic mass is 10.1. The van der Waals surface area contributed by atoms with E-state index in [0.717, 1.165) is 19.0 Å². The number of piperidine rings is 1. The van der Waals surface area contributed by atoms with Crippen LogP contribution in [0, 0.1) is 23.1 Å². The van der Waals surface area contributed by atoms with E-state index in [9.17, 15) is 18.8 Å². The van der Waals surface area contributed by atoms with Gasteiger partial charge in [0.15, 0.2) is 12.0 Å². The number of pyridine rings is 1. The molecule has 3 aromatic rings. The highest BCUT2D eigenvalue weighted by molar-refractivity contribution is 6.03. The molecule has 1 amide bonds. The van der Waals surface area contributed by atoms with Crippen LogP contribution in [0.5, 0.6) is 11.6 Å². The van der Waals surface area contributed by atoms with Crippen LogP contribution in [-0.4, -0.2) is 38.7 Å². The molecule has 1 aliphatic rings. The van der Waals surface area contributed by atoms with Gasteiger partial charge < -0.3 is 21.1 Å². The monoisotopic (exact) mass is 439 g/mol. The lowest BCUT2D eigenvalue weighted by Crippen LogP contribution is -2.34. The second-order valence-corrected chi connectivity index (χ2v) is 7.33. The molecule has 1 unspecified atom stereocenters. The second-order valence-electron chi connectivity index (χ2n) is 7.33. The molecule has 1 saturated heterocycles. The molecule has 0 radical (unpaired) electrons. The molecule has 2 aromatic heterocycles. The van der Waals surface area contributed by atoms with E-state index in [-0.39, 0.29) is 29.1 Å². The number of aromatic nitrogens is 3. The van der Waals surface area contributed by atoms with Gasteiger partial charge in [0.1, 0.15) is 28.6 Å². The lowest BCUT2D eigenvalue weighted by molar-refractivity contribution is 0.100. The number of benzene rings is 1. The van der Waals surface area contributed by atoms with Crippen molar-refractivity contribution >= 4 is 11.7 Å². The van der Waals surface area contributed by atoms with Crippen LogP contribution in [0.15, 0.2) is 36.5 Å². The number of rotatable bonds is 5. The molecule has 0 bridgehead atoms. The Kier molecular flexibility index (Phi) is 5.59. The average Bonchev–Trinajstić information content (AvgIpc) is 3.13. The zero-order chi connectivity index (χ0) is 22.8. The Morgan fingerprint density at radius 3 is 2.69 bits per heavy atom. The number of primary amides is 1. The summed E-state index contributed by atoms with van der Waals surface area (Å²) in [5.74, 6) is -2.46. The zero-order valence-electron chi connectivity index (χ0n) is 16.8. The fourth-order valence-corrected chi connectivity index (χ4v) is 3.69. The van der Waals surface area contributed by atoms with E-state index < -0.39 is 17.5 Å². The molecular formula is C21H19F2N7O2. The van der Waals surface area contributed by atoms with Gasteiger partial charge in [-0.05, 0) is 37.1 Å². The summed E-state index contributed by atoms with van der Waals surface area (Å²) in [4.78, 5) is 17.3. The molecule has 164 valence electrons. The summed E-state index contributed by atoms with van der Waals surface area (Å²) in [7, 11) is 0. The number of hydrogen-bond donors (Lipinski definition) is 2. The van der Waals surface area contributed by atoms with Crippen molar-refractivity contribution in [3.63, 3.8) is 0 Å². The van der Waals surface area contributed by atoms with Crippen LogP contribution in [0.4, 0.5) is 14.6 Å². The first-order valence-corrected chi connectivity index (χ1v) is 9.79. The van der Waals surface area contributed by atoms with Crippen molar-refractivity contribution in [1.82, 2.24) is 19.7 Å². The minimum atomic E-state index is -0.935. The van der Waals surface area contributed by atoms with Crippen LogP contribution < -0.4 is 16.2 Å². The number of nitrogens with two attached hydrogens (primary N) is 2. The van der Waals surface area contributed by atoms with E-state index in [4.69, 9.17) is 16.2 Å². The van der Waals surface area contributed by atoms with Gasteiger partial charge in [0.2, 0.25) is 0 Å². The zero-order valence-corrected chi connectivity index (χ0v) is 16.8. The largest absolute Gasteiger partial charge is 0.436 e. The molecule has 11 heteroatoms. The summed E-state index contributed by atoms with van der Waals surface area (Å²) >= 11 is 0. The van der Waals surface area contributed by atoms with Crippen molar-refractivity contribution in [2.24, 2.45) is 5.73 Å². The van der Waals surface area contributed by atoms with Crippen molar-refractivity contribution in [1.29, 1.82) is 5.26 Å². The molecule has 4 rings (SSSR count). The Balaban J connectivity index is 1.64. The number of hydrogen-bond acceptors (Lipinski definition) is 7. The highest BCUT2D eigenvalue weighted by Crippen LogP contribution is 2.33. The van der Waals surface area contributed by atoms with E-state index in [2.05, 4.69) is 16.3 Å². The van der Waals surface area contributed by atoms with Gasteiger partial charge in [0, 0.05) is 18.2 Å². The standard InChI is InChI=1S/C21H19F2N7O2/c22-13-8-16(23)21(27-9-13)32-15-5-3-12(4-6-15)18-17(20(26)31)19(25)30(28-18)14-2-1-7-29(10-14)11-24/h3-6,8-9,14H,1-2,7,10,25H2,(H2,26,31). The number of carbonyl (C=O) groups excluding carboxylic acids is 1. The fraction of sp³-hybridized carbons (Fsp3) is 0.238. The molecule has 32 heavy (non-hydrogen) atoms. The van der Waals surface area contributed by atoms with Gasteiger partial charge in [0.25, 0.3) is 11.8 Å². The molecule has 1 atom stereocenters. The van der Waals surface area contributed by atoms with Crippen LogP contribution in [0.25, 0.3) is 11.3 Å². The van der Waals surface area contributed by atoms with Crippen molar-refractivity contribution in [2.75, 3.05) is 18.8 Å². The highest BCUT2D eigenvalue weighted by Gasteiger charge is 2.28. The van der Waals surface area contributed by atoms with Gasteiger partial charge in [-0.2, -0.15) is 10.4 Å². The molecule has 0 aliphatic carbocycles. The topological polar surface area (TPSA) is 136 Å². The third kappa shape index (κ3) is 4.02. The smallest absolute Gasteiger partial charge is 0.256 e. The molecular weight excluding hydrogens is 420 g/mol. The molecule has 4 N–H and O–H groups in total. The number of anilines is 1. The Morgan fingerprint density at radius 2 is 2.03 bits per heavy atom. The minimum Gasteiger partial charge on any atom is -0.436 e. The van der Waals surface area contributed by atoms with Crippen molar-refractivity contribution in [3.05, 3.63) is 53.7 Å². The number of likely N-dealkylation sites (tertiary alicyclic amines) is 1. The predicted octanol–water partition coefficient (Wildman–Crippen LogP) is 2.81. The van der Waals surface area contributed by atoms with Crippen LogP contribution in [0.1, 0.15) is 29.2 Å². The molecule has 0 spiro atoms. The maximum absolute atomic E-state index is 13.8. The van der Waals surface area contributed by atoms with E-state index in [1.54, 1.807) is 21.7 Å². The van der Waals surface area contributed by atoms with Crippen LogP contribution in [0.2, 0.25) is 0 Å². The second kappa shape index (κ2) is 8.50. The quantitative estimate of drug-likeness (QED) is 0.583. The third-order valence-electron chi connectivity index (χ3n) is 5.19. The minimum absolute atomic E-state index is 0.0824. The molecule has 1 aromatic carbocycles. The molecule has 9 nitrogen and oxygen atoms in total. The molecule has 3 heterocycles. The summed E-state index contributed by atoms with van der Waals surface area (Å²) in [6, 6.07) is 6.76. The van der Waals surface area contributed by atoms with Gasteiger partial charge in [-0.25, -0.2) is 18.4 Å². The number of carbonyl (C=O) groups is 1. The number of halogens is 2. The van der Waals surface area contributed by atoms with Gasteiger partial charge in [0.05, 0.1) is 18.8 Å². The lowest BCUT2D eigenvalue weighted by Gasteiger charge is -2.29. The van der Waals surface area contributed by atoms with E-state index in [1.165, 1.54) is 12.1 Å². The van der Waals surface area contributed by atoms with E-state index in [1.807, 2.05) is 0 Å². The Morgan fingerprint density at radius 1 is 1.28 bits per heavy atom. The Hall–Kier alpha value is -4.20. The van der Waals surface area contributed by atoms with Gasteiger partial charge in [-0.15, -0.1) is 0 Å². The molecule has 0 saturated carbocycles. The van der Waals surface area contributed by atoms with Gasteiger partial charge >= 0.3 is 0 Å². The van der Waals surface area contributed by atoms with Crippen LogP contribution in [0.3, 0.4) is 0 Å². The van der Waals surface area contributed by atoms with Crippen molar-refractivity contribution < 1.29 is 18.3 Å². The maximum Gasteiger partial charge on any atom is 0.256 e. The first-order chi connectivity index (χ1) is 15.4. The van der Waals surface area contributed by atoms with E-state index >= 15 is 0 Å². The van der Waals surface area contributed by atoms with Crippen LogP contribution >= 0.6 is 0 Å². The van der Waals surface area contributed by atoms with Gasteiger partial charge in [-0.1, -0.05) is 0 Å². The summed E-state index contributed by atoms with van der Waals surface area (Å²) in [6.45, 7) is 1.09. The number of nitrogen functional groups attached to an aromatic ring is 1.